The molecule has 1 atom stereocenters. The third-order valence-electron chi connectivity index (χ3n) is 7.28. The van der Waals surface area contributed by atoms with Crippen molar-refractivity contribution in [1.29, 1.82) is 0 Å². The predicted molar refractivity (Wildman–Crippen MR) is 127 cm³/mol. The van der Waals surface area contributed by atoms with Crippen LogP contribution in [0, 0.1) is 5.41 Å². The van der Waals surface area contributed by atoms with Gasteiger partial charge in [-0.05, 0) is 44.0 Å². The highest BCUT2D eigenvalue weighted by Gasteiger charge is 2.40. The summed E-state index contributed by atoms with van der Waals surface area (Å²) in [4.78, 5) is 19.3. The smallest absolute Gasteiger partial charge is 0.157 e. The molecular weight excluding hydrogens is 400 g/mol. The molecule has 1 unspecified atom stereocenters. The lowest BCUT2D eigenvalue weighted by molar-refractivity contribution is 0.122. The number of fused-ring (bicyclic) bond motifs is 1. The Morgan fingerprint density at radius 2 is 1.78 bits per heavy atom. The molecule has 7 nitrogen and oxygen atoms in total. The van der Waals surface area contributed by atoms with E-state index in [1.807, 2.05) is 0 Å². The molecule has 1 spiro atoms. The van der Waals surface area contributed by atoms with Gasteiger partial charge in [-0.2, -0.15) is 0 Å². The van der Waals surface area contributed by atoms with E-state index in [1.165, 1.54) is 24.9 Å². The van der Waals surface area contributed by atoms with Gasteiger partial charge >= 0.3 is 0 Å². The molecule has 3 aliphatic rings. The van der Waals surface area contributed by atoms with Crippen LogP contribution in [-0.4, -0.2) is 67.4 Å². The fraction of sp³-hybridized carbons (Fsp3) is 0.480. The van der Waals surface area contributed by atoms with Crippen molar-refractivity contribution in [3.8, 4) is 11.3 Å². The van der Waals surface area contributed by atoms with E-state index in [2.05, 4.69) is 55.4 Å². The maximum Gasteiger partial charge on any atom is 0.157 e. The minimum atomic E-state index is 0.365. The number of morpholine rings is 1. The highest BCUT2D eigenvalue weighted by molar-refractivity contribution is 5.89. The molecule has 0 amide bonds. The quantitative estimate of drug-likeness (QED) is 0.685. The van der Waals surface area contributed by atoms with Gasteiger partial charge in [-0.3, -0.25) is 4.98 Å². The van der Waals surface area contributed by atoms with Gasteiger partial charge in [0.2, 0.25) is 0 Å². The third-order valence-corrected chi connectivity index (χ3v) is 7.28. The van der Waals surface area contributed by atoms with Crippen LogP contribution in [-0.2, 0) is 4.74 Å². The van der Waals surface area contributed by atoms with Crippen LogP contribution in [0.1, 0.15) is 19.3 Å². The van der Waals surface area contributed by atoms with Crippen molar-refractivity contribution in [2.75, 3.05) is 62.3 Å². The molecule has 0 aliphatic carbocycles. The van der Waals surface area contributed by atoms with E-state index in [0.717, 1.165) is 80.6 Å². The molecule has 166 valence electrons. The summed E-state index contributed by atoms with van der Waals surface area (Å²) in [6, 6.07) is 10.8. The Hall–Kier alpha value is -2.77. The van der Waals surface area contributed by atoms with E-state index in [9.17, 15) is 0 Å². The number of benzene rings is 1. The van der Waals surface area contributed by atoms with Crippen molar-refractivity contribution in [3.05, 3.63) is 42.7 Å². The molecule has 0 saturated carbocycles. The number of rotatable bonds is 3. The normalized spacial score (nSPS) is 23.9. The highest BCUT2D eigenvalue weighted by atomic mass is 16.5. The molecule has 6 rings (SSSR count). The first-order valence-electron chi connectivity index (χ1n) is 11.8. The average molecular weight is 431 g/mol. The van der Waals surface area contributed by atoms with Crippen molar-refractivity contribution >= 4 is 22.5 Å². The van der Waals surface area contributed by atoms with Gasteiger partial charge < -0.3 is 19.9 Å². The molecule has 0 radical (unpaired) electrons. The number of piperidine rings is 1. The van der Waals surface area contributed by atoms with Gasteiger partial charge in [-0.1, -0.05) is 12.1 Å². The molecule has 3 aliphatic heterocycles. The minimum Gasteiger partial charge on any atom is -0.378 e. The maximum atomic E-state index is 5.49. The van der Waals surface area contributed by atoms with Crippen LogP contribution in [0.4, 0.5) is 11.5 Å². The van der Waals surface area contributed by atoms with Gasteiger partial charge in [0.25, 0.3) is 0 Å². The van der Waals surface area contributed by atoms with Crippen LogP contribution in [0.15, 0.2) is 42.7 Å². The van der Waals surface area contributed by atoms with Gasteiger partial charge in [0.05, 0.1) is 24.4 Å². The highest BCUT2D eigenvalue weighted by Crippen LogP contribution is 2.40. The summed E-state index contributed by atoms with van der Waals surface area (Å²) >= 11 is 0. The molecular formula is C25H30N6O. The molecule has 1 N–H and O–H groups in total. The Balaban J connectivity index is 1.33. The second-order valence-electron chi connectivity index (χ2n) is 9.35. The number of hydrogen-bond donors (Lipinski definition) is 1. The molecule has 32 heavy (non-hydrogen) atoms. The van der Waals surface area contributed by atoms with Gasteiger partial charge in [0, 0.05) is 61.8 Å². The Labute approximate surface area is 188 Å². The van der Waals surface area contributed by atoms with Crippen molar-refractivity contribution in [1.82, 2.24) is 20.3 Å². The lowest BCUT2D eigenvalue weighted by atomic mass is 9.80. The standard InChI is InChI=1S/C25H30N6O/c1-6-25(17-26-8-1)7-11-31(18-25)24-23-22(27-9-10-28-23)16-21(29-24)19-2-4-20(5-3-19)30-12-14-32-15-13-30/h2-5,9-10,16,26H,1,6-8,11-15,17-18H2. The van der Waals surface area contributed by atoms with E-state index in [-0.39, 0.29) is 0 Å². The van der Waals surface area contributed by atoms with Crippen molar-refractivity contribution < 1.29 is 4.74 Å². The average Bonchev–Trinajstić information content (AvgIpc) is 3.27. The summed E-state index contributed by atoms with van der Waals surface area (Å²) in [5, 5.41) is 3.61. The number of ether oxygens (including phenoxy) is 1. The zero-order valence-corrected chi connectivity index (χ0v) is 18.5. The number of nitrogens with one attached hydrogen (secondary N) is 1. The SMILES string of the molecule is c1cnc2c(N3CCC4(CCCNC4)C3)nc(-c3ccc(N4CCOCC4)cc3)cc2n1. The van der Waals surface area contributed by atoms with E-state index >= 15 is 0 Å². The summed E-state index contributed by atoms with van der Waals surface area (Å²) < 4.78 is 5.49. The Bertz CT molecular complexity index is 1090. The van der Waals surface area contributed by atoms with E-state index in [1.54, 1.807) is 12.4 Å². The number of anilines is 2. The Morgan fingerprint density at radius 1 is 0.938 bits per heavy atom. The van der Waals surface area contributed by atoms with Gasteiger partial charge in [0.1, 0.15) is 5.52 Å². The van der Waals surface area contributed by atoms with E-state index < -0.39 is 0 Å². The lowest BCUT2D eigenvalue weighted by Gasteiger charge is -2.34. The van der Waals surface area contributed by atoms with Crippen LogP contribution in [0.2, 0.25) is 0 Å². The molecule has 3 fully saturated rings. The van der Waals surface area contributed by atoms with Crippen molar-refractivity contribution in [2.24, 2.45) is 5.41 Å². The largest absolute Gasteiger partial charge is 0.378 e. The van der Waals surface area contributed by atoms with Crippen LogP contribution in [0.3, 0.4) is 0 Å². The first-order valence-corrected chi connectivity index (χ1v) is 11.8. The Morgan fingerprint density at radius 3 is 2.59 bits per heavy atom. The van der Waals surface area contributed by atoms with Gasteiger partial charge in [-0.15, -0.1) is 0 Å². The first-order chi connectivity index (χ1) is 15.8. The minimum absolute atomic E-state index is 0.365. The molecule has 2 aromatic heterocycles. The summed E-state index contributed by atoms with van der Waals surface area (Å²) in [6.07, 6.45) is 7.31. The first kappa shape index (κ1) is 19.9. The predicted octanol–water partition coefficient (Wildman–Crippen LogP) is 3.11. The fourth-order valence-electron chi connectivity index (χ4n) is 5.48. The van der Waals surface area contributed by atoms with Gasteiger partial charge in [0.15, 0.2) is 5.82 Å². The number of pyridine rings is 1. The Kier molecular flexibility index (Phi) is 5.15. The van der Waals surface area contributed by atoms with E-state index in [4.69, 9.17) is 9.72 Å². The molecule has 5 heterocycles. The van der Waals surface area contributed by atoms with Crippen LogP contribution in [0.5, 0.6) is 0 Å². The molecule has 3 saturated heterocycles. The summed E-state index contributed by atoms with van der Waals surface area (Å²) in [6.45, 7) is 7.79. The second kappa shape index (κ2) is 8.30. The zero-order valence-electron chi connectivity index (χ0n) is 18.5. The van der Waals surface area contributed by atoms with Crippen LogP contribution >= 0.6 is 0 Å². The fourth-order valence-corrected chi connectivity index (χ4v) is 5.48. The summed E-state index contributed by atoms with van der Waals surface area (Å²) in [5.74, 6) is 0.977. The van der Waals surface area contributed by atoms with Crippen molar-refractivity contribution in [2.45, 2.75) is 19.3 Å². The molecule has 3 aromatic rings. The molecule has 0 bridgehead atoms. The third kappa shape index (κ3) is 3.69. The number of aromatic nitrogens is 3. The molecule has 1 aromatic carbocycles. The topological polar surface area (TPSA) is 66.4 Å². The summed E-state index contributed by atoms with van der Waals surface area (Å²) in [7, 11) is 0. The van der Waals surface area contributed by atoms with Crippen LogP contribution < -0.4 is 15.1 Å². The van der Waals surface area contributed by atoms with Crippen LogP contribution in [0.25, 0.3) is 22.3 Å². The van der Waals surface area contributed by atoms with E-state index in [0.29, 0.717) is 5.41 Å². The number of hydrogen-bond acceptors (Lipinski definition) is 7. The summed E-state index contributed by atoms with van der Waals surface area (Å²) in [5.41, 5.74) is 5.50. The monoisotopic (exact) mass is 430 g/mol. The van der Waals surface area contributed by atoms with Crippen molar-refractivity contribution in [3.63, 3.8) is 0 Å². The second-order valence-corrected chi connectivity index (χ2v) is 9.35. The molecule has 7 heteroatoms. The lowest BCUT2D eigenvalue weighted by Crippen LogP contribution is -2.42. The maximum absolute atomic E-state index is 5.49. The zero-order chi connectivity index (χ0) is 21.4. The number of nitrogens with zero attached hydrogens (tertiary/aromatic N) is 5. The van der Waals surface area contributed by atoms with Gasteiger partial charge in [-0.25, -0.2) is 9.97 Å².